The van der Waals surface area contributed by atoms with Crippen LogP contribution in [0.3, 0.4) is 0 Å². The maximum absolute atomic E-state index is 8.90. The Morgan fingerprint density at radius 2 is 1.96 bits per heavy atom. The number of unbranched alkanes of at least 4 members (excludes halogenated alkanes) is 1. The molecule has 0 aromatic heterocycles. The van der Waals surface area contributed by atoms with Gasteiger partial charge in [-0.05, 0) is 31.1 Å². The van der Waals surface area contributed by atoms with E-state index in [0.29, 0.717) is 16.8 Å². The van der Waals surface area contributed by atoms with Crippen molar-refractivity contribution >= 4 is 6.21 Å². The van der Waals surface area contributed by atoms with Crippen LogP contribution in [0.2, 0.25) is 0 Å². The molecule has 0 atom stereocenters. The van der Waals surface area contributed by atoms with Gasteiger partial charge in [0.1, 0.15) is 5.75 Å². The topological polar surface area (TPSA) is 95.5 Å². The molecule has 0 heterocycles. The van der Waals surface area contributed by atoms with Crippen molar-refractivity contribution in [2.24, 2.45) is 10.9 Å². The van der Waals surface area contributed by atoms with Crippen LogP contribution in [-0.2, 0) is 0 Å². The zero-order valence-corrected chi connectivity index (χ0v) is 13.7. The smallest absolute Gasteiger partial charge is 0.147 e. The molecule has 1 aromatic carbocycles. The van der Waals surface area contributed by atoms with E-state index in [9.17, 15) is 0 Å². The van der Waals surface area contributed by atoms with E-state index >= 15 is 0 Å². The number of hydrazone groups is 1. The molecular weight excluding hydrogens is 302 g/mol. The number of hydrogen-bond donors (Lipinski definition) is 3. The van der Waals surface area contributed by atoms with Crippen LogP contribution in [0, 0.1) is 11.3 Å². The van der Waals surface area contributed by atoms with Crippen molar-refractivity contribution in [2.75, 3.05) is 13.1 Å². The molecule has 0 unspecified atom stereocenters. The second-order valence-electron chi connectivity index (χ2n) is 4.89. The van der Waals surface area contributed by atoms with E-state index < -0.39 is 0 Å². The number of nitrogens with zero attached hydrogens (tertiary/aromatic N) is 2. The Bertz CT molecular complexity index is 629. The summed E-state index contributed by atoms with van der Waals surface area (Å²) in [5.74, 6) is 5.89. The monoisotopic (exact) mass is 325 g/mol. The number of para-hydroxylation sites is 1. The average molecular weight is 325 g/mol. The lowest BCUT2D eigenvalue weighted by molar-refractivity contribution is 0.194. The van der Waals surface area contributed by atoms with Crippen molar-refractivity contribution in [1.29, 1.82) is 5.26 Å². The first kappa shape index (κ1) is 19.0. The molecule has 0 bridgehead atoms. The number of nitrogens with two attached hydrogens (primary N) is 1. The summed E-state index contributed by atoms with van der Waals surface area (Å²) in [6.07, 6.45) is 4.94. The summed E-state index contributed by atoms with van der Waals surface area (Å²) in [5.41, 5.74) is 4.44. The van der Waals surface area contributed by atoms with Gasteiger partial charge in [0.05, 0.1) is 11.6 Å². The maximum Gasteiger partial charge on any atom is 0.147 e. The molecule has 0 aliphatic carbocycles. The summed E-state index contributed by atoms with van der Waals surface area (Å²) < 4.78 is 0. The van der Waals surface area contributed by atoms with Crippen molar-refractivity contribution < 1.29 is 4.84 Å². The van der Waals surface area contributed by atoms with Gasteiger partial charge in [-0.25, -0.2) is 0 Å². The largest absolute Gasteiger partial charge is 0.409 e. The average Bonchev–Trinajstić information content (AvgIpc) is 2.63. The summed E-state index contributed by atoms with van der Waals surface area (Å²) in [6, 6.07) is 11.5. The molecular formula is C18H23N5O. The van der Waals surface area contributed by atoms with Gasteiger partial charge in [0, 0.05) is 30.6 Å². The summed E-state index contributed by atoms with van der Waals surface area (Å²) in [7, 11) is 0. The molecule has 0 amide bonds. The molecule has 6 nitrogen and oxygen atoms in total. The number of nitrogens with one attached hydrogen (secondary N) is 2. The molecule has 0 saturated heterocycles. The van der Waals surface area contributed by atoms with Gasteiger partial charge in [0.25, 0.3) is 0 Å². The Kier molecular flexibility index (Phi) is 9.12. The van der Waals surface area contributed by atoms with E-state index in [0.717, 1.165) is 31.7 Å². The lowest BCUT2D eigenvalue weighted by atomic mass is 10.1. The van der Waals surface area contributed by atoms with E-state index in [-0.39, 0.29) is 0 Å². The molecule has 6 heteroatoms. The van der Waals surface area contributed by atoms with Gasteiger partial charge in [-0.1, -0.05) is 31.4 Å². The highest BCUT2D eigenvalue weighted by Crippen LogP contribution is 2.12. The van der Waals surface area contributed by atoms with Crippen molar-refractivity contribution in [2.45, 2.75) is 12.8 Å². The van der Waals surface area contributed by atoms with Crippen LogP contribution >= 0.6 is 0 Å². The molecule has 0 radical (unpaired) electrons. The first-order valence-corrected chi connectivity index (χ1v) is 7.60. The van der Waals surface area contributed by atoms with E-state index in [2.05, 4.69) is 29.1 Å². The first-order valence-electron chi connectivity index (χ1n) is 7.60. The van der Waals surface area contributed by atoms with Gasteiger partial charge < -0.3 is 16.0 Å². The predicted molar refractivity (Wildman–Crippen MR) is 97.0 cm³/mol. The lowest BCUT2D eigenvalue weighted by Crippen LogP contribution is -2.22. The van der Waals surface area contributed by atoms with E-state index in [1.165, 1.54) is 6.21 Å². The summed E-state index contributed by atoms with van der Waals surface area (Å²) >= 11 is 0. The van der Waals surface area contributed by atoms with E-state index in [1.54, 1.807) is 6.08 Å². The summed E-state index contributed by atoms with van der Waals surface area (Å²) in [6.45, 7) is 8.95. The molecule has 0 aliphatic rings. The highest BCUT2D eigenvalue weighted by molar-refractivity contribution is 5.74. The minimum Gasteiger partial charge on any atom is -0.409 e. The third-order valence-electron chi connectivity index (χ3n) is 3.11. The first-order chi connectivity index (χ1) is 11.7. The number of rotatable bonds is 11. The minimum absolute atomic E-state index is 0.303. The van der Waals surface area contributed by atoms with Crippen LogP contribution < -0.4 is 21.5 Å². The fourth-order valence-corrected chi connectivity index (χ4v) is 1.78. The SMILES string of the molecule is C=C(C#N)C(=C)/C(=C\C=N/N)NCCCCNOc1ccccc1. The van der Waals surface area contributed by atoms with Crippen molar-refractivity contribution in [1.82, 2.24) is 10.8 Å². The highest BCUT2D eigenvalue weighted by atomic mass is 16.6. The minimum atomic E-state index is 0.303. The third kappa shape index (κ3) is 7.29. The number of benzene rings is 1. The molecule has 0 aliphatic heterocycles. The Hall–Kier alpha value is -3.04. The Morgan fingerprint density at radius 3 is 2.62 bits per heavy atom. The van der Waals surface area contributed by atoms with Crippen molar-refractivity contribution in [3.63, 3.8) is 0 Å². The molecule has 1 rings (SSSR count). The molecule has 1 aromatic rings. The third-order valence-corrected chi connectivity index (χ3v) is 3.11. The van der Waals surface area contributed by atoms with Crippen LogP contribution in [0.5, 0.6) is 5.75 Å². The standard InChI is InChI=1S/C18H23N5O/c1-15(14-19)16(2)18(10-13-22-20)21-11-6-7-12-23-24-17-8-4-3-5-9-17/h3-5,8-10,13,21,23H,1-2,6-7,11-12,20H2/b18-10+,22-13-. The molecule has 126 valence electrons. The number of nitriles is 1. The zero-order valence-electron chi connectivity index (χ0n) is 13.7. The Balaban J connectivity index is 2.27. The van der Waals surface area contributed by atoms with Crippen LogP contribution in [0.1, 0.15) is 12.8 Å². The predicted octanol–water partition coefficient (Wildman–Crippen LogP) is 2.40. The van der Waals surface area contributed by atoms with Crippen LogP contribution in [0.4, 0.5) is 0 Å². The normalized spacial score (nSPS) is 11.0. The number of hydrogen-bond acceptors (Lipinski definition) is 6. The van der Waals surface area contributed by atoms with E-state index in [1.807, 2.05) is 36.4 Å². The molecule has 0 spiro atoms. The van der Waals surface area contributed by atoms with Crippen LogP contribution in [0.25, 0.3) is 0 Å². The second-order valence-corrected chi connectivity index (χ2v) is 4.89. The lowest BCUT2D eigenvalue weighted by Gasteiger charge is -2.12. The Labute approximate surface area is 143 Å². The fraction of sp³-hybridized carbons (Fsp3) is 0.222. The van der Waals surface area contributed by atoms with Gasteiger partial charge in [-0.3, -0.25) is 0 Å². The highest BCUT2D eigenvalue weighted by Gasteiger charge is 2.05. The van der Waals surface area contributed by atoms with Crippen LogP contribution in [-0.4, -0.2) is 19.3 Å². The molecule has 0 saturated carbocycles. The van der Waals surface area contributed by atoms with Crippen molar-refractivity contribution in [3.8, 4) is 11.8 Å². The number of hydroxylamine groups is 1. The molecule has 4 N–H and O–H groups in total. The van der Waals surface area contributed by atoms with Crippen LogP contribution in [0.15, 0.2) is 71.5 Å². The quantitative estimate of drug-likeness (QED) is 0.145. The van der Waals surface area contributed by atoms with Gasteiger partial charge in [0.2, 0.25) is 0 Å². The maximum atomic E-state index is 8.90. The zero-order chi connectivity index (χ0) is 17.6. The molecule has 24 heavy (non-hydrogen) atoms. The fourth-order valence-electron chi connectivity index (χ4n) is 1.78. The van der Waals surface area contributed by atoms with Gasteiger partial charge in [-0.2, -0.15) is 15.8 Å². The summed E-state index contributed by atoms with van der Waals surface area (Å²) in [5, 5.41) is 15.5. The van der Waals surface area contributed by atoms with Gasteiger partial charge in [0.15, 0.2) is 0 Å². The van der Waals surface area contributed by atoms with E-state index in [4.69, 9.17) is 15.9 Å². The van der Waals surface area contributed by atoms with Crippen molar-refractivity contribution in [3.05, 3.63) is 66.4 Å². The van der Waals surface area contributed by atoms with Gasteiger partial charge in [-0.15, -0.1) is 0 Å². The second kappa shape index (κ2) is 11.5. The van der Waals surface area contributed by atoms with Gasteiger partial charge >= 0.3 is 0 Å². The molecule has 0 fully saturated rings. The summed E-state index contributed by atoms with van der Waals surface area (Å²) in [4.78, 5) is 5.40. The Morgan fingerprint density at radius 1 is 1.25 bits per heavy atom. The number of allylic oxidation sites excluding steroid dienone is 2.